The third-order valence-corrected chi connectivity index (χ3v) is 4.58. The maximum absolute atomic E-state index is 5.76. The molecule has 1 aliphatic heterocycles. The van der Waals surface area contributed by atoms with Gasteiger partial charge in [0.05, 0.1) is 6.10 Å². The first-order valence-corrected chi connectivity index (χ1v) is 8.14. The quantitative estimate of drug-likeness (QED) is 0.841. The molecule has 1 aliphatic rings. The first-order valence-electron chi connectivity index (χ1n) is 7.35. The lowest BCUT2D eigenvalue weighted by Gasteiger charge is -2.22. The van der Waals surface area contributed by atoms with Crippen LogP contribution in [0.5, 0.6) is 0 Å². The Bertz CT molecular complexity index is 379. The van der Waals surface area contributed by atoms with E-state index >= 15 is 0 Å². The SMILES string of the molecule is CCC(NCC1CCOC1CC)c1ccc(Br)cc1. The normalized spacial score (nSPS) is 24.6. The molecule has 0 saturated carbocycles. The molecule has 1 aromatic rings. The molecule has 1 aromatic carbocycles. The van der Waals surface area contributed by atoms with Crippen molar-refractivity contribution in [2.75, 3.05) is 13.2 Å². The Hall–Kier alpha value is -0.380. The van der Waals surface area contributed by atoms with Crippen LogP contribution in [0.3, 0.4) is 0 Å². The van der Waals surface area contributed by atoms with Gasteiger partial charge in [0.25, 0.3) is 0 Å². The van der Waals surface area contributed by atoms with Gasteiger partial charge in [-0.05, 0) is 42.9 Å². The molecule has 0 radical (unpaired) electrons. The summed E-state index contributed by atoms with van der Waals surface area (Å²) in [4.78, 5) is 0. The topological polar surface area (TPSA) is 21.3 Å². The predicted molar refractivity (Wildman–Crippen MR) is 83.3 cm³/mol. The lowest BCUT2D eigenvalue weighted by Crippen LogP contribution is -2.31. The molecule has 2 nitrogen and oxygen atoms in total. The van der Waals surface area contributed by atoms with E-state index in [0.29, 0.717) is 18.1 Å². The van der Waals surface area contributed by atoms with Gasteiger partial charge in [-0.25, -0.2) is 0 Å². The fraction of sp³-hybridized carbons (Fsp3) is 0.625. The van der Waals surface area contributed by atoms with E-state index in [1.54, 1.807) is 0 Å². The van der Waals surface area contributed by atoms with E-state index in [1.807, 2.05) is 0 Å². The van der Waals surface area contributed by atoms with E-state index in [2.05, 4.69) is 59.4 Å². The molecule has 0 amide bonds. The monoisotopic (exact) mass is 325 g/mol. The van der Waals surface area contributed by atoms with Crippen molar-refractivity contribution in [3.05, 3.63) is 34.3 Å². The van der Waals surface area contributed by atoms with Crippen LogP contribution in [0.25, 0.3) is 0 Å². The second-order valence-corrected chi connectivity index (χ2v) is 6.20. The van der Waals surface area contributed by atoms with Gasteiger partial charge in [0, 0.05) is 23.7 Å². The molecular formula is C16H24BrNO. The molecule has 19 heavy (non-hydrogen) atoms. The van der Waals surface area contributed by atoms with Crippen LogP contribution in [0.2, 0.25) is 0 Å². The van der Waals surface area contributed by atoms with Crippen LogP contribution in [0, 0.1) is 5.92 Å². The Labute approximate surface area is 125 Å². The lowest BCUT2D eigenvalue weighted by molar-refractivity contribution is 0.0865. The molecule has 0 aliphatic carbocycles. The van der Waals surface area contributed by atoms with Crippen molar-refractivity contribution in [1.29, 1.82) is 0 Å². The summed E-state index contributed by atoms with van der Waals surface area (Å²) in [6, 6.07) is 9.09. The minimum Gasteiger partial charge on any atom is -0.378 e. The van der Waals surface area contributed by atoms with E-state index in [-0.39, 0.29) is 0 Å². The Morgan fingerprint density at radius 3 is 2.68 bits per heavy atom. The van der Waals surface area contributed by atoms with Crippen molar-refractivity contribution in [3.8, 4) is 0 Å². The zero-order valence-electron chi connectivity index (χ0n) is 11.9. The average molecular weight is 326 g/mol. The van der Waals surface area contributed by atoms with Crippen molar-refractivity contribution >= 4 is 15.9 Å². The van der Waals surface area contributed by atoms with Gasteiger partial charge in [-0.2, -0.15) is 0 Å². The minimum atomic E-state index is 0.450. The van der Waals surface area contributed by atoms with Crippen LogP contribution in [0.4, 0.5) is 0 Å². The molecular weight excluding hydrogens is 302 g/mol. The van der Waals surface area contributed by atoms with Crippen LogP contribution < -0.4 is 5.32 Å². The highest BCUT2D eigenvalue weighted by molar-refractivity contribution is 9.10. The maximum atomic E-state index is 5.76. The predicted octanol–water partition coefficient (Wildman–Crippen LogP) is 4.30. The van der Waals surface area contributed by atoms with Crippen LogP contribution >= 0.6 is 15.9 Å². The van der Waals surface area contributed by atoms with Crippen molar-refractivity contribution in [2.45, 2.75) is 45.3 Å². The number of hydrogen-bond donors (Lipinski definition) is 1. The van der Waals surface area contributed by atoms with Gasteiger partial charge in [0.15, 0.2) is 0 Å². The smallest absolute Gasteiger partial charge is 0.0613 e. The van der Waals surface area contributed by atoms with E-state index in [9.17, 15) is 0 Å². The van der Waals surface area contributed by atoms with Crippen LogP contribution in [-0.4, -0.2) is 19.3 Å². The number of benzene rings is 1. The molecule has 0 aromatic heterocycles. The molecule has 1 heterocycles. The van der Waals surface area contributed by atoms with E-state index < -0.39 is 0 Å². The highest BCUT2D eigenvalue weighted by Gasteiger charge is 2.26. The number of hydrogen-bond acceptors (Lipinski definition) is 2. The summed E-state index contributed by atoms with van der Waals surface area (Å²) < 4.78 is 6.90. The second-order valence-electron chi connectivity index (χ2n) is 5.29. The van der Waals surface area contributed by atoms with Gasteiger partial charge in [-0.1, -0.05) is 41.9 Å². The lowest BCUT2D eigenvalue weighted by atomic mass is 9.98. The van der Waals surface area contributed by atoms with E-state index in [1.165, 1.54) is 12.0 Å². The first-order chi connectivity index (χ1) is 9.24. The summed E-state index contributed by atoms with van der Waals surface area (Å²) in [5.74, 6) is 0.675. The van der Waals surface area contributed by atoms with Crippen LogP contribution in [-0.2, 0) is 4.74 Å². The summed E-state index contributed by atoms with van der Waals surface area (Å²) >= 11 is 3.49. The summed E-state index contributed by atoms with van der Waals surface area (Å²) in [7, 11) is 0. The highest BCUT2D eigenvalue weighted by atomic mass is 79.9. The second kappa shape index (κ2) is 7.41. The van der Waals surface area contributed by atoms with Crippen molar-refractivity contribution < 1.29 is 4.74 Å². The summed E-state index contributed by atoms with van der Waals surface area (Å²) in [6.07, 6.45) is 3.89. The number of nitrogens with one attached hydrogen (secondary N) is 1. The third kappa shape index (κ3) is 4.04. The van der Waals surface area contributed by atoms with Gasteiger partial charge in [0.2, 0.25) is 0 Å². The van der Waals surface area contributed by atoms with Gasteiger partial charge in [0.1, 0.15) is 0 Å². The molecule has 1 saturated heterocycles. The van der Waals surface area contributed by atoms with Gasteiger partial charge in [-0.3, -0.25) is 0 Å². The molecule has 3 unspecified atom stereocenters. The Morgan fingerprint density at radius 1 is 1.32 bits per heavy atom. The van der Waals surface area contributed by atoms with Crippen molar-refractivity contribution in [3.63, 3.8) is 0 Å². The Morgan fingerprint density at radius 2 is 2.05 bits per heavy atom. The maximum Gasteiger partial charge on any atom is 0.0613 e. The van der Waals surface area contributed by atoms with E-state index in [0.717, 1.165) is 30.5 Å². The fourth-order valence-electron chi connectivity index (χ4n) is 2.86. The molecule has 0 spiro atoms. The Balaban J connectivity index is 1.90. The highest BCUT2D eigenvalue weighted by Crippen LogP contribution is 2.25. The molecule has 1 fully saturated rings. The number of ether oxygens (including phenoxy) is 1. The van der Waals surface area contributed by atoms with Crippen molar-refractivity contribution in [2.24, 2.45) is 5.92 Å². The van der Waals surface area contributed by atoms with Crippen LogP contribution in [0.1, 0.15) is 44.7 Å². The van der Waals surface area contributed by atoms with Gasteiger partial charge < -0.3 is 10.1 Å². The number of halogens is 1. The first kappa shape index (κ1) is 15.0. The molecule has 1 N–H and O–H groups in total. The summed E-state index contributed by atoms with van der Waals surface area (Å²) in [5, 5.41) is 3.72. The average Bonchev–Trinajstić information content (AvgIpc) is 2.89. The standard InChI is InChI=1S/C16H24BrNO/c1-3-15(12-5-7-14(17)8-6-12)18-11-13-9-10-19-16(13)4-2/h5-8,13,15-16,18H,3-4,9-11H2,1-2H3. The molecule has 106 valence electrons. The number of rotatable bonds is 6. The van der Waals surface area contributed by atoms with Gasteiger partial charge >= 0.3 is 0 Å². The third-order valence-electron chi connectivity index (χ3n) is 4.06. The van der Waals surface area contributed by atoms with Crippen molar-refractivity contribution in [1.82, 2.24) is 5.32 Å². The largest absolute Gasteiger partial charge is 0.378 e. The zero-order chi connectivity index (χ0) is 13.7. The van der Waals surface area contributed by atoms with E-state index in [4.69, 9.17) is 4.74 Å². The Kier molecular flexibility index (Phi) is 5.86. The minimum absolute atomic E-state index is 0.450. The van der Waals surface area contributed by atoms with Gasteiger partial charge in [-0.15, -0.1) is 0 Å². The zero-order valence-corrected chi connectivity index (χ0v) is 13.4. The molecule has 3 heteroatoms. The fourth-order valence-corrected chi connectivity index (χ4v) is 3.13. The summed E-state index contributed by atoms with van der Waals surface area (Å²) in [5.41, 5.74) is 1.37. The van der Waals surface area contributed by atoms with Crippen LogP contribution in [0.15, 0.2) is 28.7 Å². The molecule has 0 bridgehead atoms. The molecule has 3 atom stereocenters. The summed E-state index contributed by atoms with van der Waals surface area (Å²) in [6.45, 7) is 6.45. The molecule has 2 rings (SSSR count).